The number of hydrogen-bond acceptors (Lipinski definition) is 4. The molecule has 5 nitrogen and oxygen atoms in total. The molecule has 1 amide bonds. The first-order valence-corrected chi connectivity index (χ1v) is 9.55. The summed E-state index contributed by atoms with van der Waals surface area (Å²) in [4.78, 5) is 15.0. The van der Waals surface area contributed by atoms with Crippen LogP contribution in [-0.2, 0) is 17.8 Å². The average molecular weight is 368 g/mol. The Morgan fingerprint density at radius 3 is 2.44 bits per heavy atom. The summed E-state index contributed by atoms with van der Waals surface area (Å²) in [5.74, 6) is 0.442. The normalized spacial score (nSPS) is 14.3. The van der Waals surface area contributed by atoms with Crippen molar-refractivity contribution < 1.29 is 14.3 Å². The van der Waals surface area contributed by atoms with Crippen LogP contribution in [-0.4, -0.2) is 44.2 Å². The van der Waals surface area contributed by atoms with Gasteiger partial charge in [-0.2, -0.15) is 0 Å². The highest BCUT2D eigenvalue weighted by Gasteiger charge is 2.13. The molecular weight excluding hydrogens is 340 g/mol. The fraction of sp³-hybridized carbons (Fsp3) is 0.409. The Balaban J connectivity index is 1.53. The summed E-state index contributed by atoms with van der Waals surface area (Å²) in [5, 5.41) is 2.98. The number of para-hydroxylation sites is 1. The molecule has 0 aromatic heterocycles. The van der Waals surface area contributed by atoms with Crippen molar-refractivity contribution in [3.63, 3.8) is 0 Å². The number of carbonyl (C=O) groups excluding carboxylic acids is 1. The van der Waals surface area contributed by atoms with Gasteiger partial charge in [0.2, 0.25) is 0 Å². The van der Waals surface area contributed by atoms with Crippen molar-refractivity contribution >= 4 is 5.91 Å². The van der Waals surface area contributed by atoms with Crippen LogP contribution in [0.3, 0.4) is 0 Å². The molecular formula is C22H28N2O3. The first kappa shape index (κ1) is 19.4. The standard InChI is InChI=1S/C22H28N2O3/c1-26-14-15-27-21-7-3-2-6-20(21)22(25)23-16-18-8-10-19(11-9-18)17-24-12-4-5-13-24/h2-3,6-11H,4-5,12-17H2,1H3,(H,23,25). The van der Waals surface area contributed by atoms with E-state index >= 15 is 0 Å². The van der Waals surface area contributed by atoms with Gasteiger partial charge >= 0.3 is 0 Å². The van der Waals surface area contributed by atoms with Crippen LogP contribution in [0.5, 0.6) is 5.75 Å². The summed E-state index contributed by atoms with van der Waals surface area (Å²) in [6.07, 6.45) is 2.61. The zero-order valence-corrected chi connectivity index (χ0v) is 15.9. The van der Waals surface area contributed by atoms with Crippen LogP contribution in [0.25, 0.3) is 0 Å². The van der Waals surface area contributed by atoms with Gasteiger partial charge in [0.1, 0.15) is 12.4 Å². The van der Waals surface area contributed by atoms with Gasteiger partial charge in [-0.25, -0.2) is 0 Å². The smallest absolute Gasteiger partial charge is 0.255 e. The van der Waals surface area contributed by atoms with Gasteiger partial charge in [0.15, 0.2) is 0 Å². The van der Waals surface area contributed by atoms with Gasteiger partial charge in [-0.1, -0.05) is 36.4 Å². The van der Waals surface area contributed by atoms with Crippen molar-refractivity contribution in [1.29, 1.82) is 0 Å². The minimum atomic E-state index is -0.135. The number of rotatable bonds is 9. The predicted molar refractivity (Wildman–Crippen MR) is 106 cm³/mol. The van der Waals surface area contributed by atoms with E-state index in [2.05, 4.69) is 34.5 Å². The van der Waals surface area contributed by atoms with Gasteiger partial charge in [0.25, 0.3) is 5.91 Å². The number of nitrogens with zero attached hydrogens (tertiary/aromatic N) is 1. The van der Waals surface area contributed by atoms with Crippen molar-refractivity contribution in [1.82, 2.24) is 10.2 Å². The maximum atomic E-state index is 12.5. The summed E-state index contributed by atoms with van der Waals surface area (Å²) in [7, 11) is 1.62. The van der Waals surface area contributed by atoms with Gasteiger partial charge < -0.3 is 14.8 Å². The fourth-order valence-corrected chi connectivity index (χ4v) is 3.25. The molecule has 0 unspecified atom stereocenters. The number of amides is 1. The van der Waals surface area contributed by atoms with Gasteiger partial charge in [0, 0.05) is 20.2 Å². The second-order valence-electron chi connectivity index (χ2n) is 6.82. The minimum absolute atomic E-state index is 0.135. The topological polar surface area (TPSA) is 50.8 Å². The van der Waals surface area contributed by atoms with Gasteiger partial charge in [0.05, 0.1) is 12.2 Å². The van der Waals surface area contributed by atoms with Crippen LogP contribution < -0.4 is 10.1 Å². The molecule has 1 saturated heterocycles. The highest BCUT2D eigenvalue weighted by molar-refractivity contribution is 5.96. The molecule has 0 saturated carbocycles. The van der Waals surface area contributed by atoms with Gasteiger partial charge in [-0.15, -0.1) is 0 Å². The minimum Gasteiger partial charge on any atom is -0.490 e. The third kappa shape index (κ3) is 5.81. The molecule has 27 heavy (non-hydrogen) atoms. The Morgan fingerprint density at radius 1 is 1.00 bits per heavy atom. The lowest BCUT2D eigenvalue weighted by Crippen LogP contribution is -2.23. The lowest BCUT2D eigenvalue weighted by molar-refractivity contribution is 0.0943. The molecule has 0 atom stereocenters. The summed E-state index contributed by atoms with van der Waals surface area (Å²) in [5.41, 5.74) is 2.95. The fourth-order valence-electron chi connectivity index (χ4n) is 3.25. The number of ether oxygens (including phenoxy) is 2. The second kappa shape index (κ2) is 10.1. The maximum absolute atomic E-state index is 12.5. The predicted octanol–water partition coefficient (Wildman–Crippen LogP) is 3.24. The van der Waals surface area contributed by atoms with Gasteiger partial charge in [-0.05, 0) is 49.2 Å². The van der Waals surface area contributed by atoms with E-state index in [-0.39, 0.29) is 5.91 Å². The highest BCUT2D eigenvalue weighted by Crippen LogP contribution is 2.18. The van der Waals surface area contributed by atoms with E-state index < -0.39 is 0 Å². The van der Waals surface area contributed by atoms with E-state index in [1.54, 1.807) is 19.2 Å². The molecule has 1 N–H and O–H groups in total. The van der Waals surface area contributed by atoms with E-state index in [0.29, 0.717) is 31.1 Å². The van der Waals surface area contributed by atoms with Crippen molar-refractivity contribution in [3.05, 3.63) is 65.2 Å². The maximum Gasteiger partial charge on any atom is 0.255 e. The van der Waals surface area contributed by atoms with Crippen LogP contribution in [0, 0.1) is 0 Å². The van der Waals surface area contributed by atoms with Crippen LogP contribution in [0.4, 0.5) is 0 Å². The number of benzene rings is 2. The Hall–Kier alpha value is -2.37. The zero-order valence-electron chi connectivity index (χ0n) is 15.9. The van der Waals surface area contributed by atoms with E-state index in [1.807, 2.05) is 12.1 Å². The summed E-state index contributed by atoms with van der Waals surface area (Å²) >= 11 is 0. The molecule has 0 spiro atoms. The highest BCUT2D eigenvalue weighted by atomic mass is 16.5. The number of hydrogen-bond donors (Lipinski definition) is 1. The molecule has 1 aliphatic heterocycles. The molecule has 5 heteroatoms. The first-order chi connectivity index (χ1) is 13.3. The summed E-state index contributed by atoms with van der Waals surface area (Å²) < 4.78 is 10.6. The lowest BCUT2D eigenvalue weighted by atomic mass is 10.1. The average Bonchev–Trinajstić information content (AvgIpc) is 3.21. The zero-order chi connectivity index (χ0) is 18.9. The van der Waals surface area contributed by atoms with E-state index in [0.717, 1.165) is 12.1 Å². The van der Waals surface area contributed by atoms with E-state index in [9.17, 15) is 4.79 Å². The van der Waals surface area contributed by atoms with Crippen LogP contribution in [0.2, 0.25) is 0 Å². The molecule has 3 rings (SSSR count). The number of carbonyl (C=O) groups is 1. The van der Waals surface area contributed by atoms with Crippen molar-refractivity contribution in [2.24, 2.45) is 0 Å². The Labute approximate surface area is 161 Å². The molecule has 1 aliphatic rings. The molecule has 1 fully saturated rings. The Kier molecular flexibility index (Phi) is 7.25. The second-order valence-corrected chi connectivity index (χ2v) is 6.82. The van der Waals surface area contributed by atoms with Crippen molar-refractivity contribution in [3.8, 4) is 5.75 Å². The molecule has 2 aromatic rings. The van der Waals surface area contributed by atoms with Crippen molar-refractivity contribution in [2.45, 2.75) is 25.9 Å². The van der Waals surface area contributed by atoms with E-state index in [4.69, 9.17) is 9.47 Å². The van der Waals surface area contributed by atoms with Crippen LogP contribution >= 0.6 is 0 Å². The molecule has 1 heterocycles. The van der Waals surface area contributed by atoms with Crippen LogP contribution in [0.15, 0.2) is 48.5 Å². The lowest BCUT2D eigenvalue weighted by Gasteiger charge is -2.15. The molecule has 0 radical (unpaired) electrons. The van der Waals surface area contributed by atoms with Crippen molar-refractivity contribution in [2.75, 3.05) is 33.4 Å². The summed E-state index contributed by atoms with van der Waals surface area (Å²) in [6, 6.07) is 15.8. The Bertz CT molecular complexity index is 725. The van der Waals surface area contributed by atoms with E-state index in [1.165, 1.54) is 31.5 Å². The van der Waals surface area contributed by atoms with Gasteiger partial charge in [-0.3, -0.25) is 9.69 Å². The number of nitrogens with one attached hydrogen (secondary N) is 1. The summed E-state index contributed by atoms with van der Waals surface area (Å²) in [6.45, 7) is 4.81. The van der Waals surface area contributed by atoms with Crippen LogP contribution in [0.1, 0.15) is 34.3 Å². The number of likely N-dealkylation sites (tertiary alicyclic amines) is 1. The Morgan fingerprint density at radius 2 is 1.70 bits per heavy atom. The SMILES string of the molecule is COCCOc1ccccc1C(=O)NCc1ccc(CN2CCCC2)cc1. The molecule has 144 valence electrons. The number of methoxy groups -OCH3 is 1. The third-order valence-electron chi connectivity index (χ3n) is 4.76. The quantitative estimate of drug-likeness (QED) is 0.691. The molecule has 0 bridgehead atoms. The first-order valence-electron chi connectivity index (χ1n) is 9.55. The molecule has 2 aromatic carbocycles. The monoisotopic (exact) mass is 368 g/mol. The third-order valence-corrected chi connectivity index (χ3v) is 4.76. The molecule has 0 aliphatic carbocycles. The largest absolute Gasteiger partial charge is 0.490 e.